The number of ether oxygens (including phenoxy) is 1. The predicted molar refractivity (Wildman–Crippen MR) is 132 cm³/mol. The highest BCUT2D eigenvalue weighted by molar-refractivity contribution is 5.94. The van der Waals surface area contributed by atoms with Crippen LogP contribution in [0.2, 0.25) is 0 Å². The van der Waals surface area contributed by atoms with Gasteiger partial charge in [0.25, 0.3) is 5.91 Å². The summed E-state index contributed by atoms with van der Waals surface area (Å²) in [4.78, 5) is 26.9. The van der Waals surface area contributed by atoms with Gasteiger partial charge in [-0.05, 0) is 56.4 Å². The van der Waals surface area contributed by atoms with E-state index in [1.165, 1.54) is 12.8 Å². The van der Waals surface area contributed by atoms with Crippen molar-refractivity contribution in [3.63, 3.8) is 0 Å². The Hall–Kier alpha value is -2.90. The second-order valence-corrected chi connectivity index (χ2v) is 9.29. The molecule has 34 heavy (non-hydrogen) atoms. The molecule has 3 N–H and O–H groups in total. The van der Waals surface area contributed by atoms with E-state index in [-0.39, 0.29) is 25.0 Å². The first kappa shape index (κ1) is 24.2. The lowest BCUT2D eigenvalue weighted by Crippen LogP contribution is -2.46. The molecular formula is C27H35N3O4. The minimum atomic E-state index is -0.390. The van der Waals surface area contributed by atoms with Crippen LogP contribution in [0.15, 0.2) is 54.1 Å². The van der Waals surface area contributed by atoms with Crippen molar-refractivity contribution in [1.29, 1.82) is 0 Å². The van der Waals surface area contributed by atoms with E-state index < -0.39 is 5.91 Å². The molecule has 2 aromatic rings. The second kappa shape index (κ2) is 12.0. The Labute approximate surface area is 201 Å². The number of allylic oxidation sites excluding steroid dienone is 1. The van der Waals surface area contributed by atoms with Crippen LogP contribution >= 0.6 is 0 Å². The average molecular weight is 466 g/mol. The topological polar surface area (TPSA) is 90.9 Å². The SMILES string of the molecule is O=C(CCCCC=C(COc1cccc2ccccc12)C(=O)NC1CCN(C2CC2)CC1)NO. The number of hydrogen-bond acceptors (Lipinski definition) is 5. The van der Waals surface area contributed by atoms with E-state index in [1.807, 2.05) is 48.5 Å². The Morgan fingerprint density at radius 3 is 2.56 bits per heavy atom. The summed E-state index contributed by atoms with van der Waals surface area (Å²) < 4.78 is 6.13. The molecule has 2 aliphatic rings. The third kappa shape index (κ3) is 6.81. The summed E-state index contributed by atoms with van der Waals surface area (Å²) in [5, 5.41) is 14.0. The van der Waals surface area contributed by atoms with Crippen LogP contribution in [0.1, 0.15) is 51.4 Å². The van der Waals surface area contributed by atoms with E-state index in [0.29, 0.717) is 18.4 Å². The second-order valence-electron chi connectivity index (χ2n) is 9.29. The number of rotatable bonds is 11. The number of fused-ring (bicyclic) bond motifs is 1. The largest absolute Gasteiger partial charge is 0.488 e. The van der Waals surface area contributed by atoms with Crippen LogP contribution in [0.3, 0.4) is 0 Å². The van der Waals surface area contributed by atoms with Gasteiger partial charge in [-0.3, -0.25) is 14.8 Å². The van der Waals surface area contributed by atoms with Crippen LogP contribution in [0, 0.1) is 0 Å². The van der Waals surface area contributed by atoms with Gasteiger partial charge in [-0.25, -0.2) is 5.48 Å². The summed E-state index contributed by atoms with van der Waals surface area (Å²) in [6.45, 7) is 2.29. The Kier molecular flexibility index (Phi) is 8.55. The predicted octanol–water partition coefficient (Wildman–Crippen LogP) is 3.95. The number of likely N-dealkylation sites (tertiary alicyclic amines) is 1. The van der Waals surface area contributed by atoms with Gasteiger partial charge in [0.05, 0.1) is 5.57 Å². The summed E-state index contributed by atoms with van der Waals surface area (Å²) in [7, 11) is 0. The first-order valence-electron chi connectivity index (χ1n) is 12.4. The number of nitrogens with one attached hydrogen (secondary N) is 2. The lowest BCUT2D eigenvalue weighted by molar-refractivity contribution is -0.129. The molecule has 0 radical (unpaired) electrons. The fourth-order valence-electron chi connectivity index (χ4n) is 4.58. The monoisotopic (exact) mass is 465 g/mol. The molecule has 0 unspecified atom stereocenters. The van der Waals surface area contributed by atoms with Gasteiger partial charge in [0, 0.05) is 37.0 Å². The van der Waals surface area contributed by atoms with Crippen LogP contribution in [0.4, 0.5) is 0 Å². The van der Waals surface area contributed by atoms with Gasteiger partial charge in [0.15, 0.2) is 0 Å². The van der Waals surface area contributed by atoms with E-state index in [4.69, 9.17) is 9.94 Å². The van der Waals surface area contributed by atoms with Crippen molar-refractivity contribution >= 4 is 22.6 Å². The highest BCUT2D eigenvalue weighted by Gasteiger charge is 2.32. The molecular weight excluding hydrogens is 430 g/mol. The smallest absolute Gasteiger partial charge is 0.250 e. The van der Waals surface area contributed by atoms with Crippen molar-refractivity contribution in [2.24, 2.45) is 0 Å². The summed E-state index contributed by atoms with van der Waals surface area (Å²) in [5.41, 5.74) is 2.27. The Bertz CT molecular complexity index is 1000. The Morgan fingerprint density at radius 2 is 1.79 bits per heavy atom. The fourth-order valence-corrected chi connectivity index (χ4v) is 4.58. The normalized spacial score (nSPS) is 17.5. The highest BCUT2D eigenvalue weighted by Crippen LogP contribution is 2.29. The minimum absolute atomic E-state index is 0.0711. The molecule has 2 amide bonds. The number of nitrogens with zero attached hydrogens (tertiary/aromatic N) is 1. The van der Waals surface area contributed by atoms with E-state index in [1.54, 1.807) is 5.48 Å². The van der Waals surface area contributed by atoms with E-state index in [2.05, 4.69) is 10.2 Å². The highest BCUT2D eigenvalue weighted by atomic mass is 16.5. The first-order valence-corrected chi connectivity index (χ1v) is 12.4. The molecule has 1 aliphatic heterocycles. The number of carbonyl (C=O) groups is 2. The molecule has 0 spiro atoms. The molecule has 182 valence electrons. The molecule has 1 saturated heterocycles. The van der Waals surface area contributed by atoms with Crippen molar-refractivity contribution in [2.75, 3.05) is 19.7 Å². The third-order valence-electron chi connectivity index (χ3n) is 6.73. The van der Waals surface area contributed by atoms with Gasteiger partial charge in [-0.2, -0.15) is 0 Å². The maximum absolute atomic E-state index is 13.2. The summed E-state index contributed by atoms with van der Waals surface area (Å²) >= 11 is 0. The molecule has 0 bridgehead atoms. The van der Waals surface area contributed by atoms with Gasteiger partial charge in [-0.15, -0.1) is 0 Å². The average Bonchev–Trinajstić information content (AvgIpc) is 3.71. The van der Waals surface area contributed by atoms with Gasteiger partial charge in [0.2, 0.25) is 5.91 Å². The maximum atomic E-state index is 13.2. The Morgan fingerprint density at radius 1 is 1.03 bits per heavy atom. The maximum Gasteiger partial charge on any atom is 0.250 e. The van der Waals surface area contributed by atoms with Gasteiger partial charge >= 0.3 is 0 Å². The number of piperidine rings is 1. The summed E-state index contributed by atoms with van der Waals surface area (Å²) in [6.07, 6.45) is 8.84. The lowest BCUT2D eigenvalue weighted by atomic mass is 10.0. The van der Waals surface area contributed by atoms with Crippen LogP contribution in [0.25, 0.3) is 10.8 Å². The molecule has 7 nitrogen and oxygen atoms in total. The first-order chi connectivity index (χ1) is 16.6. The van der Waals surface area contributed by atoms with Crippen LogP contribution < -0.4 is 15.5 Å². The van der Waals surface area contributed by atoms with Crippen LogP contribution in [-0.4, -0.2) is 53.7 Å². The zero-order valence-electron chi connectivity index (χ0n) is 19.7. The number of hydrogen-bond donors (Lipinski definition) is 3. The molecule has 1 saturated carbocycles. The van der Waals surface area contributed by atoms with Crippen LogP contribution in [-0.2, 0) is 9.59 Å². The molecule has 2 aromatic carbocycles. The number of hydroxylamine groups is 1. The zero-order chi connectivity index (χ0) is 23.8. The van der Waals surface area contributed by atoms with Crippen LogP contribution in [0.5, 0.6) is 5.75 Å². The van der Waals surface area contributed by atoms with Gasteiger partial charge in [-0.1, -0.05) is 42.5 Å². The lowest BCUT2D eigenvalue weighted by Gasteiger charge is -2.32. The van der Waals surface area contributed by atoms with E-state index >= 15 is 0 Å². The molecule has 0 atom stereocenters. The van der Waals surface area contributed by atoms with E-state index in [9.17, 15) is 9.59 Å². The third-order valence-corrected chi connectivity index (χ3v) is 6.73. The molecule has 0 aromatic heterocycles. The van der Waals surface area contributed by atoms with Gasteiger partial charge in [0.1, 0.15) is 12.4 Å². The standard InChI is InChI=1S/C27H35N3O4/c31-26(29-33)12-3-1-2-8-21(19-34-25-11-6-9-20-7-4-5-10-24(20)25)27(32)28-22-15-17-30(18-16-22)23-13-14-23/h4-11,22-23,33H,1-3,12-19H2,(H,28,32)(H,29,31). The summed E-state index contributed by atoms with van der Waals surface area (Å²) in [6, 6.07) is 14.9. The quantitative estimate of drug-likeness (QED) is 0.202. The van der Waals surface area contributed by atoms with Crippen molar-refractivity contribution < 1.29 is 19.5 Å². The minimum Gasteiger partial charge on any atom is -0.488 e. The number of amides is 2. The van der Waals surface area contributed by atoms with E-state index in [0.717, 1.165) is 54.9 Å². The molecule has 1 aliphatic carbocycles. The van der Waals surface area contributed by atoms with Gasteiger partial charge < -0.3 is 15.0 Å². The number of benzene rings is 2. The fraction of sp³-hybridized carbons (Fsp3) is 0.481. The van der Waals surface area contributed by atoms with Crippen molar-refractivity contribution in [2.45, 2.75) is 63.5 Å². The molecule has 4 rings (SSSR count). The molecule has 1 heterocycles. The zero-order valence-corrected chi connectivity index (χ0v) is 19.7. The van der Waals surface area contributed by atoms with Crippen molar-refractivity contribution in [3.05, 3.63) is 54.1 Å². The molecule has 7 heteroatoms. The number of unbranched alkanes of at least 4 members (excludes halogenated alkanes) is 2. The van der Waals surface area contributed by atoms with Crippen molar-refractivity contribution in [1.82, 2.24) is 15.7 Å². The molecule has 2 fully saturated rings. The number of carbonyl (C=O) groups excluding carboxylic acids is 2. The van der Waals surface area contributed by atoms with Crippen molar-refractivity contribution in [3.8, 4) is 5.75 Å². The Balaban J connectivity index is 1.36. The summed E-state index contributed by atoms with van der Waals surface area (Å²) in [5.74, 6) is 0.297.